The van der Waals surface area contributed by atoms with E-state index in [4.69, 9.17) is 5.11 Å². The van der Waals surface area contributed by atoms with E-state index in [0.717, 1.165) is 19.3 Å². The van der Waals surface area contributed by atoms with Gasteiger partial charge >= 0.3 is 12.0 Å². The van der Waals surface area contributed by atoms with Crippen LogP contribution in [-0.4, -0.2) is 41.1 Å². The zero-order valence-corrected chi connectivity index (χ0v) is 10.8. The molecule has 0 aromatic carbocycles. The number of hydrogen-bond acceptors (Lipinski definition) is 2. The third kappa shape index (κ3) is 3.91. The van der Waals surface area contributed by atoms with Crippen molar-refractivity contribution >= 4 is 12.0 Å². The number of aliphatic carboxylic acids is 1. The maximum absolute atomic E-state index is 11.8. The standard InChI is InChI=1S/C12H22N2O3/c1-8-5-4-6-10(7-8)14(3)12(17)13-9(2)11(15)16/h8-10H,4-7H2,1-3H3,(H,13,17)(H,15,16)/t8?,9-,10?/m1/s1. The Bertz CT molecular complexity index is 293. The van der Waals surface area contributed by atoms with E-state index in [1.165, 1.54) is 13.3 Å². The van der Waals surface area contributed by atoms with E-state index in [0.29, 0.717) is 5.92 Å². The molecule has 0 bridgehead atoms. The van der Waals surface area contributed by atoms with Crippen LogP contribution in [-0.2, 0) is 4.79 Å². The highest BCUT2D eigenvalue weighted by Crippen LogP contribution is 2.26. The van der Waals surface area contributed by atoms with Gasteiger partial charge in [0.15, 0.2) is 0 Å². The van der Waals surface area contributed by atoms with Gasteiger partial charge in [0.05, 0.1) is 0 Å². The summed E-state index contributed by atoms with van der Waals surface area (Å²) in [6.07, 6.45) is 4.37. The summed E-state index contributed by atoms with van der Waals surface area (Å²) in [4.78, 5) is 24.1. The second-order valence-electron chi connectivity index (χ2n) is 5.05. The van der Waals surface area contributed by atoms with Crippen LogP contribution in [0.2, 0.25) is 0 Å². The van der Waals surface area contributed by atoms with Crippen LogP contribution in [0.15, 0.2) is 0 Å². The molecule has 1 rings (SSSR count). The number of carbonyl (C=O) groups is 2. The molecule has 2 amide bonds. The normalized spacial score (nSPS) is 26.1. The fourth-order valence-corrected chi connectivity index (χ4v) is 2.27. The molecule has 0 aromatic heterocycles. The lowest BCUT2D eigenvalue weighted by atomic mass is 9.86. The largest absolute Gasteiger partial charge is 0.480 e. The van der Waals surface area contributed by atoms with Crippen LogP contribution >= 0.6 is 0 Å². The molecule has 0 aliphatic heterocycles. The summed E-state index contributed by atoms with van der Waals surface area (Å²) in [5, 5.41) is 11.2. The van der Waals surface area contributed by atoms with Crippen LogP contribution in [0.4, 0.5) is 4.79 Å². The molecule has 1 fully saturated rings. The van der Waals surface area contributed by atoms with Gasteiger partial charge in [0, 0.05) is 13.1 Å². The van der Waals surface area contributed by atoms with Gasteiger partial charge < -0.3 is 15.3 Å². The van der Waals surface area contributed by atoms with Gasteiger partial charge in [-0.1, -0.05) is 19.8 Å². The maximum Gasteiger partial charge on any atom is 0.325 e. The number of carboxylic acid groups (broad SMARTS) is 1. The quantitative estimate of drug-likeness (QED) is 0.791. The van der Waals surface area contributed by atoms with Crippen molar-refractivity contribution in [2.45, 2.75) is 51.6 Å². The molecule has 5 heteroatoms. The lowest BCUT2D eigenvalue weighted by Crippen LogP contribution is -2.49. The molecule has 17 heavy (non-hydrogen) atoms. The number of carbonyl (C=O) groups excluding carboxylic acids is 1. The van der Waals surface area contributed by atoms with Crippen LogP contribution in [0.1, 0.15) is 39.5 Å². The predicted octanol–water partition coefficient (Wildman–Crippen LogP) is 1.68. The molecule has 3 atom stereocenters. The van der Waals surface area contributed by atoms with Crippen molar-refractivity contribution in [3.63, 3.8) is 0 Å². The SMILES string of the molecule is CC1CCCC(N(C)C(=O)N[C@H](C)C(=O)O)C1. The minimum Gasteiger partial charge on any atom is -0.480 e. The molecule has 0 spiro atoms. The Morgan fingerprint density at radius 1 is 1.41 bits per heavy atom. The molecule has 1 aliphatic rings. The monoisotopic (exact) mass is 242 g/mol. The van der Waals surface area contributed by atoms with E-state index >= 15 is 0 Å². The van der Waals surface area contributed by atoms with Crippen molar-refractivity contribution in [2.24, 2.45) is 5.92 Å². The smallest absolute Gasteiger partial charge is 0.325 e. The van der Waals surface area contributed by atoms with Crippen molar-refractivity contribution in [1.82, 2.24) is 10.2 Å². The molecule has 98 valence electrons. The number of nitrogens with zero attached hydrogens (tertiary/aromatic N) is 1. The Kier molecular flexibility index (Phi) is 4.78. The summed E-state index contributed by atoms with van der Waals surface area (Å²) in [5.74, 6) is -0.371. The van der Waals surface area contributed by atoms with E-state index in [1.54, 1.807) is 11.9 Å². The number of nitrogens with one attached hydrogen (secondary N) is 1. The lowest BCUT2D eigenvalue weighted by molar-refractivity contribution is -0.138. The zero-order chi connectivity index (χ0) is 13.0. The Hall–Kier alpha value is -1.26. The van der Waals surface area contributed by atoms with E-state index in [-0.39, 0.29) is 12.1 Å². The Labute approximate surface area is 102 Å². The van der Waals surface area contributed by atoms with Gasteiger partial charge in [0.2, 0.25) is 0 Å². The highest BCUT2D eigenvalue weighted by atomic mass is 16.4. The third-order valence-corrected chi connectivity index (χ3v) is 3.49. The molecule has 0 heterocycles. The second kappa shape index (κ2) is 5.89. The fourth-order valence-electron chi connectivity index (χ4n) is 2.27. The maximum atomic E-state index is 11.8. The highest BCUT2D eigenvalue weighted by molar-refractivity contribution is 5.82. The average Bonchev–Trinajstić information content (AvgIpc) is 2.27. The van der Waals surface area contributed by atoms with Gasteiger partial charge in [-0.05, 0) is 25.7 Å². The van der Waals surface area contributed by atoms with Gasteiger partial charge in [-0.15, -0.1) is 0 Å². The summed E-state index contributed by atoms with van der Waals surface area (Å²) < 4.78 is 0. The fraction of sp³-hybridized carbons (Fsp3) is 0.833. The highest BCUT2D eigenvalue weighted by Gasteiger charge is 2.26. The van der Waals surface area contributed by atoms with Crippen molar-refractivity contribution in [1.29, 1.82) is 0 Å². The first kappa shape index (κ1) is 13.8. The third-order valence-electron chi connectivity index (χ3n) is 3.49. The number of urea groups is 1. The van der Waals surface area contributed by atoms with Gasteiger partial charge in [-0.3, -0.25) is 4.79 Å². The molecular weight excluding hydrogens is 220 g/mol. The minimum atomic E-state index is -1.01. The van der Waals surface area contributed by atoms with Crippen LogP contribution in [0.3, 0.4) is 0 Å². The van der Waals surface area contributed by atoms with Gasteiger partial charge in [0.25, 0.3) is 0 Å². The lowest BCUT2D eigenvalue weighted by Gasteiger charge is -2.34. The summed E-state index contributed by atoms with van der Waals surface area (Å²) >= 11 is 0. The van der Waals surface area contributed by atoms with Crippen LogP contribution in [0.25, 0.3) is 0 Å². The average molecular weight is 242 g/mol. The molecule has 5 nitrogen and oxygen atoms in total. The Balaban J connectivity index is 2.48. The molecule has 0 aromatic rings. The molecule has 1 saturated carbocycles. The first-order valence-electron chi connectivity index (χ1n) is 6.18. The number of carboxylic acids is 1. The van der Waals surface area contributed by atoms with E-state index in [9.17, 15) is 9.59 Å². The van der Waals surface area contributed by atoms with Crippen molar-refractivity contribution in [3.8, 4) is 0 Å². The number of hydrogen-bond donors (Lipinski definition) is 2. The zero-order valence-electron chi connectivity index (χ0n) is 10.8. The van der Waals surface area contributed by atoms with Gasteiger partial charge in [0.1, 0.15) is 6.04 Å². The van der Waals surface area contributed by atoms with Gasteiger partial charge in [-0.2, -0.15) is 0 Å². The Morgan fingerprint density at radius 2 is 2.06 bits per heavy atom. The summed E-state index contributed by atoms with van der Waals surface area (Å²) in [7, 11) is 1.74. The molecule has 2 N–H and O–H groups in total. The summed E-state index contributed by atoms with van der Waals surface area (Å²) in [6.45, 7) is 3.66. The summed E-state index contributed by atoms with van der Waals surface area (Å²) in [6, 6.07) is -0.898. The van der Waals surface area contributed by atoms with Crippen LogP contribution in [0, 0.1) is 5.92 Å². The topological polar surface area (TPSA) is 69.6 Å². The Morgan fingerprint density at radius 3 is 2.59 bits per heavy atom. The van der Waals surface area contributed by atoms with Crippen molar-refractivity contribution in [2.75, 3.05) is 7.05 Å². The first-order chi connectivity index (χ1) is 7.91. The number of rotatable bonds is 3. The second-order valence-corrected chi connectivity index (χ2v) is 5.05. The van der Waals surface area contributed by atoms with E-state index in [2.05, 4.69) is 12.2 Å². The number of amides is 2. The predicted molar refractivity (Wildman–Crippen MR) is 64.8 cm³/mol. The van der Waals surface area contributed by atoms with Gasteiger partial charge in [-0.25, -0.2) is 4.79 Å². The van der Waals surface area contributed by atoms with E-state index < -0.39 is 12.0 Å². The summed E-state index contributed by atoms with van der Waals surface area (Å²) in [5.41, 5.74) is 0. The molecule has 0 radical (unpaired) electrons. The first-order valence-corrected chi connectivity index (χ1v) is 6.18. The minimum absolute atomic E-state index is 0.236. The molecular formula is C12H22N2O3. The van der Waals surface area contributed by atoms with Crippen LogP contribution < -0.4 is 5.32 Å². The van der Waals surface area contributed by atoms with E-state index in [1.807, 2.05) is 0 Å². The van der Waals surface area contributed by atoms with Crippen molar-refractivity contribution in [3.05, 3.63) is 0 Å². The van der Waals surface area contributed by atoms with Crippen molar-refractivity contribution < 1.29 is 14.7 Å². The molecule has 1 aliphatic carbocycles. The van der Waals surface area contributed by atoms with Crippen LogP contribution in [0.5, 0.6) is 0 Å². The molecule has 2 unspecified atom stereocenters. The molecule has 0 saturated heterocycles.